The topological polar surface area (TPSA) is 18.5 Å². The molecule has 0 saturated carbocycles. The van der Waals surface area contributed by atoms with Gasteiger partial charge in [0.1, 0.15) is 0 Å². The van der Waals surface area contributed by atoms with Crippen LogP contribution in [0, 0.1) is 0 Å². The van der Waals surface area contributed by atoms with Crippen LogP contribution in [-0.4, -0.2) is 38.3 Å². The summed E-state index contributed by atoms with van der Waals surface area (Å²) in [6, 6.07) is 0. The molecule has 0 atom stereocenters. The highest BCUT2D eigenvalue weighted by atomic mass is 15.8. The Morgan fingerprint density at radius 3 is 1.57 bits per heavy atom. The minimum absolute atomic E-state index is 1.88. The van der Waals surface area contributed by atoms with E-state index >= 15 is 0 Å². The molecule has 0 fully saturated rings. The SMILES string of the molecule is CNN(C)N(C)C. The lowest BCUT2D eigenvalue weighted by Gasteiger charge is -2.21. The fourth-order valence-electron chi connectivity index (χ4n) is 0.200. The molecule has 0 aliphatic carbocycles. The predicted molar refractivity (Wildman–Crippen MR) is 30.5 cm³/mol. The van der Waals surface area contributed by atoms with Gasteiger partial charge < -0.3 is 0 Å². The van der Waals surface area contributed by atoms with Gasteiger partial charge in [-0.15, -0.1) is 0 Å². The number of rotatable bonds is 2. The Morgan fingerprint density at radius 1 is 1.14 bits per heavy atom. The number of hydrogen-bond donors (Lipinski definition) is 1. The molecular weight excluding hydrogens is 90.1 g/mol. The molecule has 0 amide bonds. The molecule has 0 aromatic rings. The van der Waals surface area contributed by atoms with E-state index in [1.54, 1.807) is 0 Å². The van der Waals surface area contributed by atoms with Crippen molar-refractivity contribution < 1.29 is 0 Å². The summed E-state index contributed by atoms with van der Waals surface area (Å²) in [6.07, 6.45) is 0. The first-order chi connectivity index (χ1) is 3.18. The van der Waals surface area contributed by atoms with Gasteiger partial charge in [0.15, 0.2) is 0 Å². The average molecular weight is 103 g/mol. The second-order valence-electron chi connectivity index (χ2n) is 1.59. The van der Waals surface area contributed by atoms with Gasteiger partial charge in [-0.25, -0.2) is 10.4 Å². The second-order valence-corrected chi connectivity index (χ2v) is 1.59. The van der Waals surface area contributed by atoms with Crippen molar-refractivity contribution in [2.45, 2.75) is 0 Å². The maximum atomic E-state index is 2.92. The van der Waals surface area contributed by atoms with Crippen LogP contribution in [0.2, 0.25) is 0 Å². The number of nitrogens with zero attached hydrogens (tertiary/aromatic N) is 2. The van der Waals surface area contributed by atoms with E-state index in [0.717, 1.165) is 0 Å². The zero-order valence-electron chi connectivity index (χ0n) is 5.39. The van der Waals surface area contributed by atoms with Gasteiger partial charge in [-0.3, -0.25) is 0 Å². The molecule has 0 aromatic carbocycles. The Bertz CT molecular complexity index is 44.2. The summed E-state index contributed by atoms with van der Waals surface area (Å²) in [5, 5.41) is 3.82. The Kier molecular flexibility index (Phi) is 2.91. The fraction of sp³-hybridized carbons (Fsp3) is 1.00. The van der Waals surface area contributed by atoms with Crippen LogP contribution in [0.15, 0.2) is 0 Å². The van der Waals surface area contributed by atoms with Crippen molar-refractivity contribution in [1.82, 2.24) is 15.6 Å². The number of nitrogens with one attached hydrogen (secondary N) is 1. The molecule has 0 unspecified atom stereocenters. The molecule has 0 bridgehead atoms. The lowest BCUT2D eigenvalue weighted by molar-refractivity contribution is 0.0107. The van der Waals surface area contributed by atoms with E-state index in [9.17, 15) is 0 Å². The van der Waals surface area contributed by atoms with Crippen LogP contribution in [0.3, 0.4) is 0 Å². The highest BCUT2D eigenvalue weighted by Gasteiger charge is 1.90. The Balaban J connectivity index is 3.14. The first kappa shape index (κ1) is 6.88. The van der Waals surface area contributed by atoms with Crippen molar-refractivity contribution in [3.63, 3.8) is 0 Å². The van der Waals surface area contributed by atoms with E-state index < -0.39 is 0 Å². The van der Waals surface area contributed by atoms with Crippen LogP contribution in [0.1, 0.15) is 0 Å². The first-order valence-electron chi connectivity index (χ1n) is 2.27. The van der Waals surface area contributed by atoms with E-state index in [0.29, 0.717) is 0 Å². The monoisotopic (exact) mass is 103 g/mol. The molecule has 0 saturated heterocycles. The molecule has 0 heterocycles. The second kappa shape index (κ2) is 2.96. The minimum atomic E-state index is 1.88. The maximum absolute atomic E-state index is 2.92. The molecule has 1 N–H and O–H groups in total. The van der Waals surface area contributed by atoms with Crippen molar-refractivity contribution >= 4 is 0 Å². The predicted octanol–water partition coefficient (Wildman–Crippen LogP) is -0.471. The Hall–Kier alpha value is -0.120. The van der Waals surface area contributed by atoms with Gasteiger partial charge in [0.05, 0.1) is 0 Å². The summed E-state index contributed by atoms with van der Waals surface area (Å²) < 4.78 is 0. The lowest BCUT2D eigenvalue weighted by Crippen LogP contribution is -2.41. The maximum Gasteiger partial charge on any atom is 0.0176 e. The highest BCUT2D eigenvalue weighted by molar-refractivity contribution is 4.23. The van der Waals surface area contributed by atoms with E-state index in [2.05, 4.69) is 5.43 Å². The molecule has 0 spiro atoms. The Labute approximate surface area is 44.8 Å². The largest absolute Gasteiger partial charge is 0.245 e. The zero-order chi connectivity index (χ0) is 5.86. The van der Waals surface area contributed by atoms with E-state index in [-0.39, 0.29) is 0 Å². The molecular formula is C4H13N3. The average Bonchev–Trinajstić information content (AvgIpc) is 1.65. The van der Waals surface area contributed by atoms with E-state index in [1.165, 1.54) is 0 Å². The third-order valence-corrected chi connectivity index (χ3v) is 0.924. The summed E-state index contributed by atoms with van der Waals surface area (Å²) in [6.45, 7) is 0. The molecule has 3 heteroatoms. The third-order valence-electron chi connectivity index (χ3n) is 0.924. The van der Waals surface area contributed by atoms with Gasteiger partial charge >= 0.3 is 0 Å². The zero-order valence-corrected chi connectivity index (χ0v) is 5.39. The van der Waals surface area contributed by atoms with Crippen LogP contribution in [0.4, 0.5) is 0 Å². The van der Waals surface area contributed by atoms with Crippen molar-refractivity contribution in [2.75, 3.05) is 28.2 Å². The van der Waals surface area contributed by atoms with Gasteiger partial charge in [0.2, 0.25) is 0 Å². The van der Waals surface area contributed by atoms with Crippen molar-refractivity contribution in [3.8, 4) is 0 Å². The molecule has 7 heavy (non-hydrogen) atoms. The summed E-state index contributed by atoms with van der Waals surface area (Å²) >= 11 is 0. The molecule has 0 aliphatic rings. The van der Waals surface area contributed by atoms with Crippen LogP contribution >= 0.6 is 0 Å². The Morgan fingerprint density at radius 2 is 1.57 bits per heavy atom. The summed E-state index contributed by atoms with van der Waals surface area (Å²) in [5.41, 5.74) is 2.92. The summed E-state index contributed by atoms with van der Waals surface area (Å²) in [4.78, 5) is 0. The van der Waals surface area contributed by atoms with Crippen LogP contribution in [0.25, 0.3) is 0 Å². The van der Waals surface area contributed by atoms with Crippen LogP contribution in [-0.2, 0) is 0 Å². The quantitative estimate of drug-likeness (QED) is 0.477. The van der Waals surface area contributed by atoms with Crippen LogP contribution < -0.4 is 5.43 Å². The van der Waals surface area contributed by atoms with Crippen molar-refractivity contribution in [3.05, 3.63) is 0 Å². The van der Waals surface area contributed by atoms with Crippen molar-refractivity contribution in [1.29, 1.82) is 0 Å². The van der Waals surface area contributed by atoms with Gasteiger partial charge in [0.25, 0.3) is 0 Å². The third kappa shape index (κ3) is 2.56. The summed E-state index contributed by atoms with van der Waals surface area (Å²) in [7, 11) is 7.76. The fourth-order valence-corrected chi connectivity index (χ4v) is 0.200. The van der Waals surface area contributed by atoms with Gasteiger partial charge in [0, 0.05) is 28.2 Å². The normalized spacial score (nSPS) is 11.1. The molecule has 3 nitrogen and oxygen atoms in total. The van der Waals surface area contributed by atoms with Gasteiger partial charge in [-0.1, -0.05) is 0 Å². The molecule has 0 aromatic heterocycles. The van der Waals surface area contributed by atoms with Gasteiger partial charge in [-0.05, 0) is 0 Å². The first-order valence-corrected chi connectivity index (χ1v) is 2.27. The van der Waals surface area contributed by atoms with E-state index in [1.807, 2.05) is 38.3 Å². The lowest BCUT2D eigenvalue weighted by atomic mass is 11.1. The van der Waals surface area contributed by atoms with Crippen molar-refractivity contribution in [2.24, 2.45) is 0 Å². The summed E-state index contributed by atoms with van der Waals surface area (Å²) in [5.74, 6) is 0. The molecule has 0 radical (unpaired) electrons. The minimum Gasteiger partial charge on any atom is -0.245 e. The van der Waals surface area contributed by atoms with E-state index in [4.69, 9.17) is 0 Å². The van der Waals surface area contributed by atoms with Crippen LogP contribution in [0.5, 0.6) is 0 Å². The standard InChI is InChI=1S/C4H13N3/c1-5-7(4)6(2)3/h5H,1-4H3. The van der Waals surface area contributed by atoms with Gasteiger partial charge in [-0.2, -0.15) is 5.12 Å². The molecule has 0 aliphatic heterocycles. The number of hydrazine groups is 2. The molecule has 0 rings (SSSR count). The molecule has 44 valence electrons. The number of hydrogen-bond acceptors (Lipinski definition) is 3. The highest BCUT2D eigenvalue weighted by Crippen LogP contribution is 1.72. The smallest absolute Gasteiger partial charge is 0.0176 e.